The van der Waals surface area contributed by atoms with Crippen LogP contribution in [0.15, 0.2) is 29.6 Å². The summed E-state index contributed by atoms with van der Waals surface area (Å²) in [5.74, 6) is -1.22. The Morgan fingerprint density at radius 2 is 1.97 bits per heavy atom. The summed E-state index contributed by atoms with van der Waals surface area (Å²) in [4.78, 5) is 31.0. The molecule has 3 aromatic rings. The number of thiazole rings is 1. The molecule has 2 aromatic heterocycles. The molecule has 192 valence electrons. The maximum absolute atomic E-state index is 13.9. The van der Waals surface area contributed by atoms with Gasteiger partial charge in [-0.15, -0.1) is 11.3 Å². The molecule has 1 fully saturated rings. The maximum Gasteiger partial charge on any atom is 0.435 e. The molecule has 1 aliphatic rings. The van der Waals surface area contributed by atoms with Gasteiger partial charge in [0.25, 0.3) is 0 Å². The minimum Gasteiger partial charge on any atom is -0.341 e. The largest absolute Gasteiger partial charge is 0.435 e. The van der Waals surface area contributed by atoms with E-state index >= 15 is 0 Å². The zero-order chi connectivity index (χ0) is 26.0. The van der Waals surface area contributed by atoms with E-state index in [4.69, 9.17) is 11.6 Å². The van der Waals surface area contributed by atoms with E-state index in [0.29, 0.717) is 31.1 Å². The molecule has 1 aliphatic heterocycles. The van der Waals surface area contributed by atoms with Crippen LogP contribution in [-0.4, -0.2) is 44.6 Å². The highest BCUT2D eigenvalue weighted by Gasteiger charge is 2.35. The van der Waals surface area contributed by atoms with Crippen molar-refractivity contribution in [2.24, 2.45) is 0 Å². The lowest BCUT2D eigenvalue weighted by Crippen LogP contribution is -2.40. The van der Waals surface area contributed by atoms with Gasteiger partial charge in [-0.2, -0.15) is 18.3 Å². The van der Waals surface area contributed by atoms with Gasteiger partial charge in [-0.3, -0.25) is 14.3 Å². The summed E-state index contributed by atoms with van der Waals surface area (Å²) in [5.41, 5.74) is 0.143. The second kappa shape index (κ2) is 10.6. The predicted molar refractivity (Wildman–Crippen MR) is 126 cm³/mol. The zero-order valence-electron chi connectivity index (χ0n) is 19.1. The van der Waals surface area contributed by atoms with Crippen LogP contribution >= 0.6 is 22.9 Å². The Morgan fingerprint density at radius 3 is 2.61 bits per heavy atom. The summed E-state index contributed by atoms with van der Waals surface area (Å²) in [5, 5.41) is 8.57. The van der Waals surface area contributed by atoms with Crippen molar-refractivity contribution in [3.63, 3.8) is 0 Å². The summed E-state index contributed by atoms with van der Waals surface area (Å²) >= 11 is 7.23. The summed E-state index contributed by atoms with van der Waals surface area (Å²) in [7, 11) is 0. The topological polar surface area (TPSA) is 80.1 Å². The van der Waals surface area contributed by atoms with Crippen molar-refractivity contribution in [2.75, 3.05) is 18.4 Å². The third kappa shape index (κ3) is 6.04. The predicted octanol–water partition coefficient (Wildman–Crippen LogP) is 5.05. The third-order valence-corrected chi connectivity index (χ3v) is 7.12. The number of aromatic nitrogens is 3. The van der Waals surface area contributed by atoms with Gasteiger partial charge in [-0.25, -0.2) is 9.37 Å². The molecule has 13 heteroatoms. The Labute approximate surface area is 213 Å². The Bertz CT molecular complexity index is 1250. The normalized spacial score (nSPS) is 14.8. The average molecular weight is 544 g/mol. The van der Waals surface area contributed by atoms with Gasteiger partial charge in [0.2, 0.25) is 11.8 Å². The summed E-state index contributed by atoms with van der Waals surface area (Å²) < 4.78 is 53.6. The van der Waals surface area contributed by atoms with Crippen LogP contribution in [0.2, 0.25) is 5.02 Å². The van der Waals surface area contributed by atoms with Crippen molar-refractivity contribution < 1.29 is 27.2 Å². The van der Waals surface area contributed by atoms with Crippen molar-refractivity contribution in [1.82, 2.24) is 19.7 Å². The van der Waals surface area contributed by atoms with Crippen LogP contribution in [0.3, 0.4) is 0 Å². The second-order valence-corrected chi connectivity index (χ2v) is 9.75. The van der Waals surface area contributed by atoms with Crippen LogP contribution in [0.25, 0.3) is 0 Å². The second-order valence-electron chi connectivity index (χ2n) is 8.48. The van der Waals surface area contributed by atoms with Crippen LogP contribution in [0, 0.1) is 12.7 Å². The highest BCUT2D eigenvalue weighted by molar-refractivity contribution is 7.13. The fraction of sp³-hybridized carbons (Fsp3) is 0.391. The van der Waals surface area contributed by atoms with Crippen LogP contribution in [-0.2, 0) is 28.7 Å². The van der Waals surface area contributed by atoms with Gasteiger partial charge < -0.3 is 10.2 Å². The number of alkyl halides is 3. The third-order valence-electron chi connectivity index (χ3n) is 5.99. The van der Waals surface area contributed by atoms with Crippen molar-refractivity contribution >= 4 is 39.9 Å². The molecular weight excluding hydrogens is 522 g/mol. The fourth-order valence-electron chi connectivity index (χ4n) is 4.02. The number of nitrogens with one attached hydrogen (secondary N) is 1. The number of hydrogen-bond acceptors (Lipinski definition) is 5. The molecule has 0 atom stereocenters. The van der Waals surface area contributed by atoms with Crippen LogP contribution in [0.1, 0.15) is 41.4 Å². The molecule has 0 aliphatic carbocycles. The first-order chi connectivity index (χ1) is 17.0. The number of likely N-dealkylation sites (tertiary alicyclic amines) is 1. The van der Waals surface area contributed by atoms with Crippen molar-refractivity contribution in [1.29, 1.82) is 0 Å². The summed E-state index contributed by atoms with van der Waals surface area (Å²) in [6, 6.07) is 5.14. The average Bonchev–Trinajstić information content (AvgIpc) is 3.43. The van der Waals surface area contributed by atoms with E-state index in [1.54, 1.807) is 4.90 Å². The number of carbonyl (C=O) groups excluding carboxylic acids is 2. The molecule has 0 unspecified atom stereocenters. The van der Waals surface area contributed by atoms with E-state index in [9.17, 15) is 27.2 Å². The SMILES string of the molecule is Cc1cc(C(F)(F)F)nn1CC(=O)N1CCC(c2csc(NC(=O)Cc3c(F)cccc3Cl)n2)CC1. The van der Waals surface area contributed by atoms with Crippen LogP contribution in [0.5, 0.6) is 0 Å². The van der Waals surface area contributed by atoms with Gasteiger partial charge in [0.15, 0.2) is 10.8 Å². The van der Waals surface area contributed by atoms with E-state index in [1.807, 2.05) is 5.38 Å². The van der Waals surface area contributed by atoms with Gasteiger partial charge in [0, 0.05) is 40.7 Å². The standard InChI is InChI=1S/C23H22ClF4N5O2S/c1-13-9-19(23(26,27)28)31-33(13)11-21(35)32-7-5-14(6-8-32)18-12-36-22(29-18)30-20(34)10-15-16(24)3-2-4-17(15)25/h2-4,9,12,14H,5-8,10-11H2,1H3,(H,29,30,34). The Kier molecular flexibility index (Phi) is 7.65. The first-order valence-corrected chi connectivity index (χ1v) is 12.3. The zero-order valence-corrected chi connectivity index (χ0v) is 20.7. The van der Waals surface area contributed by atoms with Crippen molar-refractivity contribution in [3.05, 3.63) is 63.1 Å². The summed E-state index contributed by atoms with van der Waals surface area (Å²) in [6.07, 6.45) is -3.53. The Morgan fingerprint density at radius 1 is 1.25 bits per heavy atom. The van der Waals surface area contributed by atoms with Crippen LogP contribution < -0.4 is 5.32 Å². The quantitative estimate of drug-likeness (QED) is 0.441. The highest BCUT2D eigenvalue weighted by atomic mass is 35.5. The number of anilines is 1. The molecule has 0 radical (unpaired) electrons. The molecule has 4 rings (SSSR count). The number of benzene rings is 1. The molecule has 0 saturated carbocycles. The lowest BCUT2D eigenvalue weighted by Gasteiger charge is -2.31. The Hall–Kier alpha value is -2.99. The van der Waals surface area contributed by atoms with Gasteiger partial charge in [0.1, 0.15) is 12.4 Å². The number of nitrogens with zero attached hydrogens (tertiary/aromatic N) is 4. The van der Waals surface area contributed by atoms with Gasteiger partial charge in [-0.1, -0.05) is 17.7 Å². The van der Waals surface area contributed by atoms with E-state index in [0.717, 1.165) is 16.4 Å². The molecule has 1 aromatic carbocycles. The number of aryl methyl sites for hydroxylation is 1. The van der Waals surface area contributed by atoms with E-state index in [-0.39, 0.29) is 41.1 Å². The fourth-order valence-corrected chi connectivity index (χ4v) is 5.06. The highest BCUT2D eigenvalue weighted by Crippen LogP contribution is 2.31. The molecule has 7 nitrogen and oxygen atoms in total. The lowest BCUT2D eigenvalue weighted by molar-refractivity contribution is -0.142. The molecular formula is C23H22ClF4N5O2S. The Balaban J connectivity index is 1.29. The molecule has 2 amide bonds. The minimum atomic E-state index is -4.56. The monoisotopic (exact) mass is 543 g/mol. The number of piperidine rings is 1. The van der Waals surface area contributed by atoms with Gasteiger partial charge in [0.05, 0.1) is 12.1 Å². The van der Waals surface area contributed by atoms with Crippen molar-refractivity contribution in [2.45, 2.75) is 44.8 Å². The lowest BCUT2D eigenvalue weighted by atomic mass is 9.94. The molecule has 36 heavy (non-hydrogen) atoms. The van der Waals surface area contributed by atoms with Gasteiger partial charge >= 0.3 is 6.18 Å². The number of halogens is 5. The van der Waals surface area contributed by atoms with E-state index in [1.165, 1.54) is 36.5 Å². The van der Waals surface area contributed by atoms with Gasteiger partial charge in [-0.05, 0) is 38.0 Å². The number of rotatable bonds is 6. The summed E-state index contributed by atoms with van der Waals surface area (Å²) in [6.45, 7) is 2.08. The minimum absolute atomic E-state index is 0.0697. The molecule has 3 heterocycles. The molecule has 1 saturated heterocycles. The van der Waals surface area contributed by atoms with E-state index in [2.05, 4.69) is 15.4 Å². The number of carbonyl (C=O) groups is 2. The maximum atomic E-state index is 13.9. The molecule has 0 bridgehead atoms. The van der Waals surface area contributed by atoms with Crippen molar-refractivity contribution in [3.8, 4) is 0 Å². The van der Waals surface area contributed by atoms with Crippen LogP contribution in [0.4, 0.5) is 22.7 Å². The molecule has 1 N–H and O–H groups in total. The number of amides is 2. The van der Waals surface area contributed by atoms with E-state index < -0.39 is 23.6 Å². The smallest absolute Gasteiger partial charge is 0.341 e. The molecule has 0 spiro atoms. The first-order valence-electron chi connectivity index (χ1n) is 11.1. The number of hydrogen-bond donors (Lipinski definition) is 1. The first kappa shape index (κ1) is 26.1.